The van der Waals surface area contributed by atoms with Crippen molar-refractivity contribution in [2.45, 2.75) is 25.5 Å². The molecule has 7 nitrogen and oxygen atoms in total. The predicted octanol–water partition coefficient (Wildman–Crippen LogP) is 1.15. The number of nitro benzene ring substituents is 1. The van der Waals surface area contributed by atoms with Gasteiger partial charge in [0.05, 0.1) is 24.2 Å². The van der Waals surface area contributed by atoms with Crippen LogP contribution in [0.1, 0.15) is 18.4 Å². The Hall–Kier alpha value is -1.70. The number of nitrogens with zero attached hydrogens (tertiary/aromatic N) is 2. The van der Waals surface area contributed by atoms with Crippen molar-refractivity contribution in [3.63, 3.8) is 0 Å². The molecule has 1 aliphatic heterocycles. The molecule has 1 aromatic carbocycles. The summed E-state index contributed by atoms with van der Waals surface area (Å²) in [7, 11) is 0. The van der Waals surface area contributed by atoms with Gasteiger partial charge in [-0.2, -0.15) is 0 Å². The van der Waals surface area contributed by atoms with Gasteiger partial charge in [-0.05, 0) is 24.5 Å². The Morgan fingerprint density at radius 2 is 2.14 bits per heavy atom. The molecule has 0 bridgehead atoms. The third kappa shape index (κ3) is 4.38. The number of benzene rings is 1. The minimum Gasteiger partial charge on any atom is -0.394 e. The molecule has 0 aliphatic carbocycles. The Kier molecular flexibility index (Phi) is 5.49. The van der Waals surface area contributed by atoms with E-state index in [1.54, 1.807) is 12.1 Å². The first-order valence-electron chi connectivity index (χ1n) is 7.07. The van der Waals surface area contributed by atoms with E-state index in [9.17, 15) is 10.1 Å². The van der Waals surface area contributed by atoms with E-state index in [0.29, 0.717) is 13.2 Å². The molecule has 0 unspecified atom stereocenters. The Labute approximate surface area is 123 Å². The molecule has 1 heterocycles. The summed E-state index contributed by atoms with van der Waals surface area (Å²) < 4.78 is 5.51. The number of aliphatic hydroxyl groups is 1. The zero-order valence-electron chi connectivity index (χ0n) is 11.9. The Morgan fingerprint density at radius 1 is 1.43 bits per heavy atom. The molecule has 0 atom stereocenters. The Bertz CT molecular complexity index is 487. The molecule has 0 amide bonds. The molecule has 2 rings (SSSR count). The highest BCUT2D eigenvalue weighted by molar-refractivity contribution is 5.59. The summed E-state index contributed by atoms with van der Waals surface area (Å²) in [6, 6.07) is 4.96. The summed E-state index contributed by atoms with van der Waals surface area (Å²) in [5.74, 6) is 0. The summed E-state index contributed by atoms with van der Waals surface area (Å²) in [6.45, 7) is 2.88. The van der Waals surface area contributed by atoms with Crippen LogP contribution in [-0.4, -0.2) is 47.3 Å². The van der Waals surface area contributed by atoms with Gasteiger partial charge in [0.15, 0.2) is 0 Å². The van der Waals surface area contributed by atoms with Crippen molar-refractivity contribution in [1.29, 1.82) is 0 Å². The summed E-state index contributed by atoms with van der Waals surface area (Å²) in [4.78, 5) is 12.7. The molecule has 116 valence electrons. The van der Waals surface area contributed by atoms with Gasteiger partial charge in [-0.15, -0.1) is 0 Å². The molecule has 21 heavy (non-hydrogen) atoms. The maximum atomic E-state index is 10.9. The summed E-state index contributed by atoms with van der Waals surface area (Å²) in [5, 5.41) is 19.6. The van der Waals surface area contributed by atoms with Crippen LogP contribution in [0.4, 0.5) is 11.4 Å². The third-order valence-corrected chi connectivity index (χ3v) is 3.68. The number of aliphatic hydroxyl groups excluding tert-OH is 1. The quantitative estimate of drug-likeness (QED) is 0.464. The standard InChI is InChI=1S/C14H21N3O4/c15-13-2-1-11(9-14(13)17(19)20)10-16-5-3-12(4-6-16)21-8-7-18/h1-2,9,12,18H,3-8,10,15H2. The number of likely N-dealkylation sites (tertiary alicyclic amines) is 1. The summed E-state index contributed by atoms with van der Waals surface area (Å²) in [5.41, 5.74) is 6.65. The van der Waals surface area contributed by atoms with Gasteiger partial charge in [0.25, 0.3) is 5.69 Å². The van der Waals surface area contributed by atoms with E-state index in [1.165, 1.54) is 0 Å². The highest BCUT2D eigenvalue weighted by Gasteiger charge is 2.20. The third-order valence-electron chi connectivity index (χ3n) is 3.68. The first kappa shape index (κ1) is 15.7. The zero-order chi connectivity index (χ0) is 15.2. The lowest BCUT2D eigenvalue weighted by Gasteiger charge is -2.31. The molecule has 1 saturated heterocycles. The number of nitro groups is 1. The van der Waals surface area contributed by atoms with Crippen LogP contribution in [0.5, 0.6) is 0 Å². The first-order chi connectivity index (χ1) is 10.1. The highest BCUT2D eigenvalue weighted by Crippen LogP contribution is 2.24. The van der Waals surface area contributed by atoms with Gasteiger partial charge in [-0.1, -0.05) is 6.07 Å². The molecule has 1 fully saturated rings. The van der Waals surface area contributed by atoms with E-state index in [2.05, 4.69) is 4.90 Å². The number of nitrogen functional groups attached to an aromatic ring is 1. The van der Waals surface area contributed by atoms with Crippen molar-refractivity contribution in [2.75, 3.05) is 32.0 Å². The van der Waals surface area contributed by atoms with E-state index in [0.717, 1.165) is 31.5 Å². The number of piperidine rings is 1. The second kappa shape index (κ2) is 7.35. The van der Waals surface area contributed by atoms with Gasteiger partial charge < -0.3 is 15.6 Å². The number of rotatable bonds is 6. The van der Waals surface area contributed by atoms with Crippen LogP contribution in [0, 0.1) is 10.1 Å². The van der Waals surface area contributed by atoms with Gasteiger partial charge in [0, 0.05) is 25.7 Å². The van der Waals surface area contributed by atoms with Crippen LogP contribution in [0.25, 0.3) is 0 Å². The lowest BCUT2D eigenvalue weighted by molar-refractivity contribution is -0.384. The molecule has 0 radical (unpaired) electrons. The number of nitrogens with two attached hydrogens (primary N) is 1. The second-order valence-corrected chi connectivity index (χ2v) is 5.22. The van der Waals surface area contributed by atoms with E-state index in [1.807, 2.05) is 6.07 Å². The highest BCUT2D eigenvalue weighted by atomic mass is 16.6. The molecular weight excluding hydrogens is 274 g/mol. The lowest BCUT2D eigenvalue weighted by atomic mass is 10.1. The van der Waals surface area contributed by atoms with Crippen molar-refractivity contribution < 1.29 is 14.8 Å². The van der Waals surface area contributed by atoms with E-state index < -0.39 is 4.92 Å². The fourth-order valence-electron chi connectivity index (χ4n) is 2.56. The van der Waals surface area contributed by atoms with Gasteiger partial charge in [-0.25, -0.2) is 0 Å². The maximum absolute atomic E-state index is 10.9. The SMILES string of the molecule is Nc1ccc(CN2CCC(OCCO)CC2)cc1[N+](=O)[O-]. The molecule has 1 aromatic rings. The number of hydrogen-bond donors (Lipinski definition) is 2. The molecule has 7 heteroatoms. The number of anilines is 1. The lowest BCUT2D eigenvalue weighted by Crippen LogP contribution is -2.36. The maximum Gasteiger partial charge on any atom is 0.292 e. The van der Waals surface area contributed by atoms with E-state index in [4.69, 9.17) is 15.6 Å². The van der Waals surface area contributed by atoms with Crippen LogP contribution in [-0.2, 0) is 11.3 Å². The van der Waals surface area contributed by atoms with E-state index in [-0.39, 0.29) is 24.1 Å². The van der Waals surface area contributed by atoms with Gasteiger partial charge >= 0.3 is 0 Å². The van der Waals surface area contributed by atoms with Gasteiger partial charge in [0.1, 0.15) is 5.69 Å². The zero-order valence-corrected chi connectivity index (χ0v) is 11.9. The van der Waals surface area contributed by atoms with Crippen molar-refractivity contribution in [3.05, 3.63) is 33.9 Å². The largest absolute Gasteiger partial charge is 0.394 e. The molecule has 3 N–H and O–H groups in total. The monoisotopic (exact) mass is 295 g/mol. The second-order valence-electron chi connectivity index (χ2n) is 5.22. The normalized spacial score (nSPS) is 17.0. The number of ether oxygens (including phenoxy) is 1. The van der Waals surface area contributed by atoms with Crippen LogP contribution >= 0.6 is 0 Å². The topological polar surface area (TPSA) is 102 Å². The smallest absolute Gasteiger partial charge is 0.292 e. The molecular formula is C14H21N3O4. The van der Waals surface area contributed by atoms with Crippen LogP contribution in [0.3, 0.4) is 0 Å². The minimum absolute atomic E-state index is 0.0336. The van der Waals surface area contributed by atoms with Crippen molar-refractivity contribution in [2.24, 2.45) is 0 Å². The van der Waals surface area contributed by atoms with Gasteiger partial charge in [-0.3, -0.25) is 15.0 Å². The Balaban J connectivity index is 1.89. The van der Waals surface area contributed by atoms with E-state index >= 15 is 0 Å². The molecule has 0 spiro atoms. The van der Waals surface area contributed by atoms with Crippen LogP contribution in [0.15, 0.2) is 18.2 Å². The van der Waals surface area contributed by atoms with Crippen molar-refractivity contribution in [1.82, 2.24) is 4.90 Å². The molecule has 0 aromatic heterocycles. The molecule has 1 aliphatic rings. The fraction of sp³-hybridized carbons (Fsp3) is 0.571. The summed E-state index contributed by atoms with van der Waals surface area (Å²) in [6.07, 6.45) is 2.03. The van der Waals surface area contributed by atoms with Crippen LogP contribution < -0.4 is 5.73 Å². The Morgan fingerprint density at radius 3 is 2.76 bits per heavy atom. The van der Waals surface area contributed by atoms with Gasteiger partial charge in [0.2, 0.25) is 0 Å². The minimum atomic E-state index is -0.451. The van der Waals surface area contributed by atoms with Crippen molar-refractivity contribution in [3.8, 4) is 0 Å². The fourth-order valence-corrected chi connectivity index (χ4v) is 2.56. The van der Waals surface area contributed by atoms with Crippen molar-refractivity contribution >= 4 is 11.4 Å². The van der Waals surface area contributed by atoms with Crippen LogP contribution in [0.2, 0.25) is 0 Å². The average Bonchev–Trinajstić information content (AvgIpc) is 2.48. The average molecular weight is 295 g/mol. The molecule has 0 saturated carbocycles. The first-order valence-corrected chi connectivity index (χ1v) is 7.07. The number of hydrogen-bond acceptors (Lipinski definition) is 6. The predicted molar refractivity (Wildman–Crippen MR) is 78.8 cm³/mol. The summed E-state index contributed by atoms with van der Waals surface area (Å²) >= 11 is 0.